The number of pyridine rings is 1. The fraction of sp³-hybridized carbons (Fsp3) is 0.172. The van der Waals surface area contributed by atoms with Gasteiger partial charge in [-0.15, -0.1) is 6.58 Å². The fourth-order valence-electron chi connectivity index (χ4n) is 5.86. The molecule has 2 aliphatic heterocycles. The number of allylic oxidation sites excluding steroid dienone is 1. The summed E-state index contributed by atoms with van der Waals surface area (Å²) in [5.74, 6) is 0.644. The molecule has 1 spiro atoms. The zero-order valence-corrected chi connectivity index (χ0v) is 21.5. The van der Waals surface area contributed by atoms with Crippen LogP contribution >= 0.6 is 15.9 Å². The Labute approximate surface area is 222 Å². The van der Waals surface area contributed by atoms with Crippen LogP contribution in [0.1, 0.15) is 24.8 Å². The maximum Gasteiger partial charge on any atom is 0.248 e. The molecule has 7 nitrogen and oxygen atoms in total. The number of anilines is 2. The molecular formula is C29H22BrN5O2. The number of hydrogen-bond acceptors (Lipinski definition) is 5. The third-order valence-electron chi connectivity index (χ3n) is 7.22. The van der Waals surface area contributed by atoms with Gasteiger partial charge in [0.2, 0.25) is 5.91 Å². The van der Waals surface area contributed by atoms with Crippen LogP contribution in [-0.4, -0.2) is 27.8 Å². The SMILES string of the molecule is C=CCN1C(=O)C2(C(C#N)=C(n3cccc3)N(c3ccc(Br)cn3)C3=C2C(=O)CCC3)c2ccccc21. The summed E-state index contributed by atoms with van der Waals surface area (Å²) in [6.07, 6.45) is 8.57. The molecule has 0 saturated heterocycles. The van der Waals surface area contributed by atoms with Gasteiger partial charge in [-0.3, -0.25) is 14.5 Å². The number of carbonyl (C=O) groups is 2. The number of carbonyl (C=O) groups excluding carboxylic acids is 2. The van der Waals surface area contributed by atoms with Crippen molar-refractivity contribution in [3.63, 3.8) is 0 Å². The van der Waals surface area contributed by atoms with Gasteiger partial charge in [-0.1, -0.05) is 24.3 Å². The summed E-state index contributed by atoms with van der Waals surface area (Å²) in [5, 5.41) is 10.8. The molecular weight excluding hydrogens is 530 g/mol. The molecule has 0 fully saturated rings. The number of para-hydroxylation sites is 1. The summed E-state index contributed by atoms with van der Waals surface area (Å²) in [5.41, 5.74) is 1.07. The number of nitrogens with zero attached hydrogens (tertiary/aromatic N) is 5. The molecule has 182 valence electrons. The number of hydrogen-bond donors (Lipinski definition) is 0. The summed E-state index contributed by atoms with van der Waals surface area (Å²) >= 11 is 3.45. The van der Waals surface area contributed by atoms with E-state index < -0.39 is 5.41 Å². The predicted molar refractivity (Wildman–Crippen MR) is 144 cm³/mol. The Bertz CT molecular complexity index is 1560. The number of benzene rings is 1. The van der Waals surface area contributed by atoms with Gasteiger partial charge in [-0.2, -0.15) is 5.26 Å². The molecule has 1 aromatic carbocycles. The molecule has 1 unspecified atom stereocenters. The lowest BCUT2D eigenvalue weighted by atomic mass is 9.63. The molecule has 0 bridgehead atoms. The van der Waals surface area contributed by atoms with Gasteiger partial charge in [0.1, 0.15) is 23.1 Å². The molecule has 0 saturated carbocycles. The largest absolute Gasteiger partial charge is 0.309 e. The molecule has 6 rings (SSSR count). The lowest BCUT2D eigenvalue weighted by molar-refractivity contribution is -0.124. The molecule has 1 atom stereocenters. The normalized spacial score (nSPS) is 20.9. The first-order chi connectivity index (χ1) is 18.0. The van der Waals surface area contributed by atoms with Gasteiger partial charge in [0, 0.05) is 58.5 Å². The fourth-order valence-corrected chi connectivity index (χ4v) is 6.09. The van der Waals surface area contributed by atoms with Crippen LogP contribution in [0.5, 0.6) is 0 Å². The third kappa shape index (κ3) is 3.14. The van der Waals surface area contributed by atoms with Crippen LogP contribution in [0.2, 0.25) is 0 Å². The number of fused-ring (bicyclic) bond motifs is 3. The van der Waals surface area contributed by atoms with E-state index in [1.165, 1.54) is 0 Å². The summed E-state index contributed by atoms with van der Waals surface area (Å²) in [7, 11) is 0. The second kappa shape index (κ2) is 8.71. The van der Waals surface area contributed by atoms with E-state index in [1.54, 1.807) is 17.2 Å². The highest BCUT2D eigenvalue weighted by Crippen LogP contribution is 2.57. The van der Waals surface area contributed by atoms with Crippen molar-refractivity contribution in [2.45, 2.75) is 24.7 Å². The van der Waals surface area contributed by atoms with E-state index in [9.17, 15) is 14.9 Å². The number of nitriles is 1. The number of rotatable bonds is 4. The first-order valence-corrected chi connectivity index (χ1v) is 12.8. The molecule has 4 heterocycles. The molecule has 37 heavy (non-hydrogen) atoms. The Morgan fingerprint density at radius 3 is 2.59 bits per heavy atom. The van der Waals surface area contributed by atoms with Crippen LogP contribution in [0.3, 0.4) is 0 Å². The van der Waals surface area contributed by atoms with Gasteiger partial charge in [-0.25, -0.2) is 4.98 Å². The highest BCUT2D eigenvalue weighted by molar-refractivity contribution is 9.10. The second-order valence-corrected chi connectivity index (χ2v) is 10.1. The molecule has 3 aromatic rings. The van der Waals surface area contributed by atoms with Crippen molar-refractivity contribution in [2.75, 3.05) is 16.3 Å². The second-order valence-electron chi connectivity index (χ2n) is 9.14. The van der Waals surface area contributed by atoms with Gasteiger partial charge in [0.05, 0.1) is 5.57 Å². The maximum absolute atomic E-state index is 14.6. The van der Waals surface area contributed by atoms with Crippen molar-refractivity contribution >= 4 is 44.9 Å². The van der Waals surface area contributed by atoms with Crippen LogP contribution < -0.4 is 9.80 Å². The number of halogens is 1. The molecule has 0 radical (unpaired) electrons. The maximum atomic E-state index is 14.6. The zero-order chi connectivity index (χ0) is 25.7. The highest BCUT2D eigenvalue weighted by Gasteiger charge is 2.62. The van der Waals surface area contributed by atoms with Crippen LogP contribution in [0, 0.1) is 11.3 Å². The number of aromatic nitrogens is 2. The number of ketones is 1. The quantitative estimate of drug-likeness (QED) is 0.409. The summed E-state index contributed by atoms with van der Waals surface area (Å²) in [4.78, 5) is 36.6. The van der Waals surface area contributed by atoms with E-state index in [-0.39, 0.29) is 23.8 Å². The first kappa shape index (κ1) is 23.2. The van der Waals surface area contributed by atoms with Crippen LogP contribution in [0.25, 0.3) is 5.82 Å². The van der Waals surface area contributed by atoms with Crippen molar-refractivity contribution < 1.29 is 9.59 Å². The van der Waals surface area contributed by atoms with Crippen LogP contribution in [0.4, 0.5) is 11.5 Å². The summed E-state index contributed by atoms with van der Waals surface area (Å²) in [6, 6.07) is 17.3. The molecule has 1 amide bonds. The van der Waals surface area contributed by atoms with Crippen LogP contribution in [-0.2, 0) is 15.0 Å². The van der Waals surface area contributed by atoms with Crippen molar-refractivity contribution in [1.82, 2.24) is 9.55 Å². The van der Waals surface area contributed by atoms with E-state index in [0.717, 1.165) is 4.47 Å². The minimum atomic E-state index is -1.55. The monoisotopic (exact) mass is 551 g/mol. The number of amides is 1. The molecule has 8 heteroatoms. The van der Waals surface area contributed by atoms with Gasteiger partial charge >= 0.3 is 0 Å². The Hall–Kier alpha value is -4.22. The highest BCUT2D eigenvalue weighted by atomic mass is 79.9. The Morgan fingerprint density at radius 2 is 1.89 bits per heavy atom. The molecule has 2 aromatic heterocycles. The van der Waals surface area contributed by atoms with Crippen LogP contribution in [0.15, 0.2) is 101 Å². The average molecular weight is 552 g/mol. The van der Waals surface area contributed by atoms with E-state index in [0.29, 0.717) is 53.4 Å². The smallest absolute Gasteiger partial charge is 0.248 e. The minimum Gasteiger partial charge on any atom is -0.309 e. The average Bonchev–Trinajstić information content (AvgIpc) is 3.52. The van der Waals surface area contributed by atoms with Gasteiger partial charge in [0.15, 0.2) is 5.78 Å². The Kier molecular flexibility index (Phi) is 5.46. The molecule has 1 aliphatic carbocycles. The van der Waals surface area contributed by atoms with Gasteiger partial charge in [0.25, 0.3) is 0 Å². The summed E-state index contributed by atoms with van der Waals surface area (Å²) < 4.78 is 2.64. The Balaban J connectivity index is 1.78. The topological polar surface area (TPSA) is 82.2 Å². The van der Waals surface area contributed by atoms with E-state index in [4.69, 9.17) is 0 Å². The minimum absolute atomic E-state index is 0.119. The standard InChI is InChI=1S/C29H22BrN5O2/c1-2-14-34-22-9-4-3-8-20(22)29(28(34)37)21(17-31)27(33-15-5-6-16-33)35(25-13-12-19(30)18-32-25)23-10-7-11-24(36)26(23)29/h2-6,8-9,12-13,15-16,18H,1,7,10-11,14H2. The number of Topliss-reactive ketones (excluding diaryl/α,β-unsaturated/α-hetero) is 1. The zero-order valence-electron chi connectivity index (χ0n) is 19.9. The van der Waals surface area contributed by atoms with E-state index in [1.807, 2.05) is 70.4 Å². The summed E-state index contributed by atoms with van der Waals surface area (Å²) in [6.45, 7) is 4.11. The molecule has 0 N–H and O–H groups in total. The lowest BCUT2D eigenvalue weighted by Crippen LogP contribution is -2.51. The van der Waals surface area contributed by atoms with Crippen molar-refractivity contribution in [2.24, 2.45) is 0 Å². The van der Waals surface area contributed by atoms with E-state index in [2.05, 4.69) is 33.6 Å². The van der Waals surface area contributed by atoms with Gasteiger partial charge in [-0.05, 0) is 59.1 Å². The Morgan fingerprint density at radius 1 is 1.11 bits per heavy atom. The molecule has 3 aliphatic rings. The van der Waals surface area contributed by atoms with Crippen molar-refractivity contribution in [3.05, 3.63) is 107 Å². The predicted octanol–water partition coefficient (Wildman–Crippen LogP) is 5.34. The lowest BCUT2D eigenvalue weighted by Gasteiger charge is -2.44. The van der Waals surface area contributed by atoms with E-state index >= 15 is 0 Å². The van der Waals surface area contributed by atoms with Crippen molar-refractivity contribution in [1.29, 1.82) is 5.26 Å². The van der Waals surface area contributed by atoms with Gasteiger partial charge < -0.3 is 9.47 Å². The first-order valence-electron chi connectivity index (χ1n) is 12.0. The van der Waals surface area contributed by atoms with Crippen molar-refractivity contribution in [3.8, 4) is 6.07 Å². The third-order valence-corrected chi connectivity index (χ3v) is 7.69.